The van der Waals surface area contributed by atoms with E-state index in [0.29, 0.717) is 32.1 Å². The molecule has 6 nitrogen and oxygen atoms in total. The van der Waals surface area contributed by atoms with Crippen molar-refractivity contribution in [2.75, 3.05) is 31.6 Å². The van der Waals surface area contributed by atoms with Crippen LogP contribution < -0.4 is 5.32 Å². The lowest BCUT2D eigenvalue weighted by atomic mass is 10.1. The number of aromatic nitrogens is 1. The van der Waals surface area contributed by atoms with Gasteiger partial charge in [0.25, 0.3) is 0 Å². The van der Waals surface area contributed by atoms with Crippen LogP contribution in [-0.2, 0) is 14.3 Å². The summed E-state index contributed by atoms with van der Waals surface area (Å²) in [5, 5.41) is 2.68. The first-order chi connectivity index (χ1) is 12.2. The highest BCUT2D eigenvalue weighted by Crippen LogP contribution is 2.20. The molecule has 1 aliphatic rings. The van der Waals surface area contributed by atoms with Gasteiger partial charge in [0.05, 0.1) is 13.2 Å². The third kappa shape index (κ3) is 4.74. The fraction of sp³-hybridized carbons (Fsp3) is 0.211. The van der Waals surface area contributed by atoms with Gasteiger partial charge in [-0.2, -0.15) is 0 Å². The van der Waals surface area contributed by atoms with Crippen molar-refractivity contribution in [3.05, 3.63) is 60.8 Å². The van der Waals surface area contributed by atoms with Crippen LogP contribution >= 0.6 is 0 Å². The first-order valence-corrected chi connectivity index (χ1v) is 8.09. The minimum atomic E-state index is -0.390. The molecule has 0 atom stereocenters. The minimum absolute atomic E-state index is 0.190. The van der Waals surface area contributed by atoms with Crippen molar-refractivity contribution in [1.29, 1.82) is 0 Å². The van der Waals surface area contributed by atoms with Crippen molar-refractivity contribution in [3.8, 4) is 11.1 Å². The van der Waals surface area contributed by atoms with Crippen LogP contribution in [-0.4, -0.2) is 48.0 Å². The SMILES string of the molecule is O=C(/C=C\C(=O)N1CCOCC1)Nc1cc(-c2ccccc2)ccn1. The number of amides is 2. The molecule has 1 fully saturated rings. The van der Waals surface area contributed by atoms with Crippen LogP contribution in [0.2, 0.25) is 0 Å². The van der Waals surface area contributed by atoms with E-state index in [1.807, 2.05) is 36.4 Å². The summed E-state index contributed by atoms with van der Waals surface area (Å²) < 4.78 is 5.20. The van der Waals surface area contributed by atoms with Gasteiger partial charge in [0.1, 0.15) is 5.82 Å². The lowest BCUT2D eigenvalue weighted by molar-refractivity contribution is -0.130. The summed E-state index contributed by atoms with van der Waals surface area (Å²) in [5.74, 6) is -0.140. The van der Waals surface area contributed by atoms with Gasteiger partial charge in [-0.3, -0.25) is 9.59 Å². The van der Waals surface area contributed by atoms with Crippen LogP contribution in [0.1, 0.15) is 0 Å². The van der Waals surface area contributed by atoms with Crippen LogP contribution in [0, 0.1) is 0 Å². The van der Waals surface area contributed by atoms with Gasteiger partial charge in [0, 0.05) is 31.4 Å². The largest absolute Gasteiger partial charge is 0.378 e. The van der Waals surface area contributed by atoms with Gasteiger partial charge in [-0.05, 0) is 23.3 Å². The lowest BCUT2D eigenvalue weighted by Crippen LogP contribution is -2.39. The van der Waals surface area contributed by atoms with Gasteiger partial charge in [-0.1, -0.05) is 30.3 Å². The van der Waals surface area contributed by atoms with Crippen LogP contribution in [0.4, 0.5) is 5.82 Å². The average Bonchev–Trinajstić information content (AvgIpc) is 2.68. The second-order valence-corrected chi connectivity index (χ2v) is 5.56. The van der Waals surface area contributed by atoms with Crippen LogP contribution in [0.3, 0.4) is 0 Å². The number of ether oxygens (including phenoxy) is 1. The van der Waals surface area contributed by atoms with E-state index in [0.717, 1.165) is 11.1 Å². The molecule has 25 heavy (non-hydrogen) atoms. The Morgan fingerprint density at radius 1 is 1.04 bits per heavy atom. The molecule has 128 valence electrons. The van der Waals surface area contributed by atoms with Crippen LogP contribution in [0.5, 0.6) is 0 Å². The molecule has 1 saturated heterocycles. The van der Waals surface area contributed by atoms with E-state index in [-0.39, 0.29) is 11.8 Å². The van der Waals surface area contributed by atoms with Gasteiger partial charge in [-0.15, -0.1) is 0 Å². The fourth-order valence-electron chi connectivity index (χ4n) is 2.51. The Morgan fingerprint density at radius 2 is 1.80 bits per heavy atom. The number of anilines is 1. The van der Waals surface area contributed by atoms with Crippen molar-refractivity contribution < 1.29 is 14.3 Å². The van der Waals surface area contributed by atoms with E-state index in [1.165, 1.54) is 12.2 Å². The lowest BCUT2D eigenvalue weighted by Gasteiger charge is -2.25. The number of morpholine rings is 1. The molecule has 0 unspecified atom stereocenters. The number of hydrogen-bond donors (Lipinski definition) is 1. The maximum atomic E-state index is 12.0. The van der Waals surface area contributed by atoms with E-state index in [4.69, 9.17) is 4.74 Å². The molecule has 3 rings (SSSR count). The molecule has 2 aromatic rings. The molecular weight excluding hydrogens is 318 g/mol. The summed E-state index contributed by atoms with van der Waals surface area (Å²) in [5.41, 5.74) is 2.00. The molecule has 0 spiro atoms. The zero-order chi connectivity index (χ0) is 17.5. The number of nitrogens with zero attached hydrogens (tertiary/aromatic N) is 2. The summed E-state index contributed by atoms with van der Waals surface area (Å²) in [4.78, 5) is 29.8. The maximum absolute atomic E-state index is 12.0. The van der Waals surface area contributed by atoms with Gasteiger partial charge >= 0.3 is 0 Å². The normalized spacial score (nSPS) is 14.5. The third-order valence-electron chi connectivity index (χ3n) is 3.82. The zero-order valence-electron chi connectivity index (χ0n) is 13.7. The van der Waals surface area contributed by atoms with Crippen molar-refractivity contribution in [3.63, 3.8) is 0 Å². The summed E-state index contributed by atoms with van der Waals surface area (Å²) in [7, 11) is 0. The number of pyridine rings is 1. The summed E-state index contributed by atoms with van der Waals surface area (Å²) in [6.45, 7) is 2.15. The highest BCUT2D eigenvalue weighted by atomic mass is 16.5. The molecule has 1 aromatic heterocycles. The molecule has 6 heteroatoms. The molecule has 0 radical (unpaired) electrons. The molecular formula is C19H19N3O3. The number of carbonyl (C=O) groups excluding carboxylic acids is 2. The number of nitrogens with one attached hydrogen (secondary N) is 1. The zero-order valence-corrected chi connectivity index (χ0v) is 13.7. The number of rotatable bonds is 4. The van der Waals surface area contributed by atoms with Crippen molar-refractivity contribution in [1.82, 2.24) is 9.88 Å². The first kappa shape index (κ1) is 16.9. The molecule has 1 aliphatic heterocycles. The van der Waals surface area contributed by atoms with Gasteiger partial charge < -0.3 is 15.0 Å². The van der Waals surface area contributed by atoms with E-state index < -0.39 is 0 Å². The van der Waals surface area contributed by atoms with Crippen molar-refractivity contribution in [2.24, 2.45) is 0 Å². The summed E-state index contributed by atoms with van der Waals surface area (Å²) in [6, 6.07) is 13.5. The van der Waals surface area contributed by atoms with Crippen LogP contribution in [0.15, 0.2) is 60.8 Å². The quantitative estimate of drug-likeness (QED) is 0.868. The monoisotopic (exact) mass is 337 g/mol. The standard InChI is InChI=1S/C19H19N3O3/c23-18(6-7-19(24)22-10-12-25-13-11-22)21-17-14-16(8-9-20-17)15-4-2-1-3-5-15/h1-9,14H,10-13H2,(H,20,21,23)/b7-6-. The van der Waals surface area contributed by atoms with E-state index in [1.54, 1.807) is 17.2 Å². The summed E-state index contributed by atoms with van der Waals surface area (Å²) in [6.07, 6.45) is 4.15. The number of carbonyl (C=O) groups is 2. The predicted molar refractivity (Wildman–Crippen MR) is 94.8 cm³/mol. The second kappa shape index (κ2) is 8.21. The molecule has 1 aromatic carbocycles. The number of benzene rings is 1. The topological polar surface area (TPSA) is 71.5 Å². The maximum Gasteiger partial charge on any atom is 0.249 e. The second-order valence-electron chi connectivity index (χ2n) is 5.56. The Bertz CT molecular complexity index is 768. The average molecular weight is 337 g/mol. The summed E-state index contributed by atoms with van der Waals surface area (Å²) >= 11 is 0. The Balaban J connectivity index is 1.61. The van der Waals surface area contributed by atoms with E-state index in [2.05, 4.69) is 10.3 Å². The molecule has 0 saturated carbocycles. The van der Waals surface area contributed by atoms with E-state index >= 15 is 0 Å². The Hall–Kier alpha value is -2.99. The molecule has 1 N–H and O–H groups in total. The van der Waals surface area contributed by atoms with Crippen LogP contribution in [0.25, 0.3) is 11.1 Å². The molecule has 0 aliphatic carbocycles. The van der Waals surface area contributed by atoms with Gasteiger partial charge in [0.2, 0.25) is 11.8 Å². The minimum Gasteiger partial charge on any atom is -0.378 e. The van der Waals surface area contributed by atoms with Crippen molar-refractivity contribution >= 4 is 17.6 Å². The molecule has 2 amide bonds. The molecule has 0 bridgehead atoms. The Morgan fingerprint density at radius 3 is 2.56 bits per heavy atom. The van der Waals surface area contributed by atoms with Gasteiger partial charge in [-0.25, -0.2) is 4.98 Å². The first-order valence-electron chi connectivity index (χ1n) is 8.09. The Labute approximate surface area is 146 Å². The smallest absolute Gasteiger partial charge is 0.249 e. The highest BCUT2D eigenvalue weighted by molar-refractivity contribution is 6.03. The predicted octanol–water partition coefficient (Wildman–Crippen LogP) is 2.10. The number of hydrogen-bond acceptors (Lipinski definition) is 4. The van der Waals surface area contributed by atoms with E-state index in [9.17, 15) is 9.59 Å². The van der Waals surface area contributed by atoms with Gasteiger partial charge in [0.15, 0.2) is 0 Å². The third-order valence-corrected chi connectivity index (χ3v) is 3.82. The fourth-order valence-corrected chi connectivity index (χ4v) is 2.51. The molecule has 2 heterocycles. The van der Waals surface area contributed by atoms with Crippen molar-refractivity contribution in [2.45, 2.75) is 0 Å². The highest BCUT2D eigenvalue weighted by Gasteiger charge is 2.14. The Kier molecular flexibility index (Phi) is 5.53.